The van der Waals surface area contributed by atoms with Gasteiger partial charge in [-0.1, -0.05) is 22.0 Å². The van der Waals surface area contributed by atoms with Crippen LogP contribution in [0.25, 0.3) is 0 Å². The zero-order valence-electron chi connectivity index (χ0n) is 13.9. The van der Waals surface area contributed by atoms with Gasteiger partial charge in [-0.15, -0.1) is 0 Å². The van der Waals surface area contributed by atoms with Crippen LogP contribution in [-0.4, -0.2) is 31.7 Å². The highest BCUT2D eigenvalue weighted by Gasteiger charge is 2.27. The normalized spacial score (nSPS) is 15.2. The molecule has 1 aliphatic rings. The molecule has 0 radical (unpaired) electrons. The number of carbonyl (C=O) groups excluding carboxylic acids is 1. The van der Waals surface area contributed by atoms with Crippen molar-refractivity contribution in [1.82, 2.24) is 9.62 Å². The predicted molar refractivity (Wildman–Crippen MR) is 99.7 cm³/mol. The smallest absolute Gasteiger partial charge is 0.251 e. The third-order valence-electron chi connectivity index (χ3n) is 4.25. The Balaban J connectivity index is 1.75. The van der Waals surface area contributed by atoms with Crippen molar-refractivity contribution in [1.29, 1.82) is 0 Å². The van der Waals surface area contributed by atoms with Gasteiger partial charge in [0.2, 0.25) is 10.0 Å². The van der Waals surface area contributed by atoms with Gasteiger partial charge in [-0.05, 0) is 54.8 Å². The topological polar surface area (TPSA) is 66.5 Å². The molecular formula is C18H18BrFN2O3S. The zero-order chi connectivity index (χ0) is 18.7. The van der Waals surface area contributed by atoms with Crippen LogP contribution in [0, 0.1) is 5.82 Å². The Kier molecular flexibility index (Phi) is 5.74. The van der Waals surface area contributed by atoms with Crippen molar-refractivity contribution in [3.05, 3.63) is 63.9 Å². The fourth-order valence-electron chi connectivity index (χ4n) is 2.83. The van der Waals surface area contributed by atoms with Gasteiger partial charge in [0.25, 0.3) is 5.91 Å². The van der Waals surface area contributed by atoms with E-state index in [0.29, 0.717) is 23.1 Å². The van der Waals surface area contributed by atoms with Crippen LogP contribution in [0.15, 0.2) is 51.8 Å². The Bertz CT molecular complexity index is 928. The predicted octanol–water partition coefficient (Wildman–Crippen LogP) is 3.30. The molecule has 138 valence electrons. The van der Waals surface area contributed by atoms with Gasteiger partial charge in [0.05, 0.1) is 4.90 Å². The van der Waals surface area contributed by atoms with Crippen molar-refractivity contribution in [2.45, 2.75) is 24.3 Å². The van der Waals surface area contributed by atoms with Crippen molar-refractivity contribution in [2.75, 3.05) is 13.1 Å². The van der Waals surface area contributed by atoms with E-state index in [9.17, 15) is 17.6 Å². The highest BCUT2D eigenvalue weighted by molar-refractivity contribution is 9.10. The Labute approximate surface area is 160 Å². The number of amides is 1. The molecule has 1 aliphatic heterocycles. The second kappa shape index (κ2) is 7.85. The van der Waals surface area contributed by atoms with Crippen LogP contribution in [-0.2, 0) is 16.6 Å². The molecule has 0 saturated carbocycles. The lowest BCUT2D eigenvalue weighted by Gasteiger charge is -2.16. The summed E-state index contributed by atoms with van der Waals surface area (Å²) in [6.45, 7) is 1.14. The maximum atomic E-state index is 13.3. The molecule has 1 N–H and O–H groups in total. The summed E-state index contributed by atoms with van der Waals surface area (Å²) in [5.74, 6) is -0.809. The van der Waals surface area contributed by atoms with E-state index in [0.717, 1.165) is 12.8 Å². The van der Waals surface area contributed by atoms with E-state index in [1.54, 1.807) is 18.2 Å². The standard InChI is InChI=1S/C18H18BrFN2O3S/c19-17-7-6-15(20)10-14(17)12-21-18(23)13-4-3-5-16(11-13)26(24,25)22-8-1-2-9-22/h3-7,10-11H,1-2,8-9,12H2,(H,21,23). The third kappa shape index (κ3) is 4.13. The Morgan fingerprint density at radius 2 is 1.88 bits per heavy atom. The first-order chi connectivity index (χ1) is 12.4. The van der Waals surface area contributed by atoms with Gasteiger partial charge in [-0.3, -0.25) is 4.79 Å². The van der Waals surface area contributed by atoms with Crippen LogP contribution in [0.2, 0.25) is 0 Å². The van der Waals surface area contributed by atoms with Gasteiger partial charge in [0.15, 0.2) is 0 Å². The summed E-state index contributed by atoms with van der Waals surface area (Å²) < 4.78 is 40.7. The van der Waals surface area contributed by atoms with Crippen molar-refractivity contribution in [3.63, 3.8) is 0 Å². The number of halogens is 2. The minimum atomic E-state index is -3.58. The van der Waals surface area contributed by atoms with Crippen LogP contribution in [0.5, 0.6) is 0 Å². The van der Waals surface area contributed by atoms with E-state index in [1.807, 2.05) is 0 Å². The highest BCUT2D eigenvalue weighted by atomic mass is 79.9. The molecule has 0 spiro atoms. The molecule has 26 heavy (non-hydrogen) atoms. The molecule has 0 aromatic heterocycles. The Hall–Kier alpha value is -1.77. The van der Waals surface area contributed by atoms with E-state index in [1.165, 1.54) is 28.6 Å². The summed E-state index contributed by atoms with van der Waals surface area (Å²) >= 11 is 3.31. The number of sulfonamides is 1. The van der Waals surface area contributed by atoms with Crippen molar-refractivity contribution < 1.29 is 17.6 Å². The summed E-state index contributed by atoms with van der Waals surface area (Å²) in [4.78, 5) is 12.5. The molecule has 2 aromatic carbocycles. The molecule has 3 rings (SSSR count). The van der Waals surface area contributed by atoms with Gasteiger partial charge in [-0.2, -0.15) is 4.31 Å². The SMILES string of the molecule is O=C(NCc1cc(F)ccc1Br)c1cccc(S(=O)(=O)N2CCCC2)c1. The largest absolute Gasteiger partial charge is 0.348 e. The van der Waals surface area contributed by atoms with E-state index >= 15 is 0 Å². The summed E-state index contributed by atoms with van der Waals surface area (Å²) in [6, 6.07) is 10.2. The average Bonchev–Trinajstić information content (AvgIpc) is 3.18. The van der Waals surface area contributed by atoms with Crippen LogP contribution in [0.3, 0.4) is 0 Å². The van der Waals surface area contributed by atoms with E-state index in [2.05, 4.69) is 21.2 Å². The van der Waals surface area contributed by atoms with Crippen LogP contribution >= 0.6 is 15.9 Å². The van der Waals surface area contributed by atoms with Gasteiger partial charge < -0.3 is 5.32 Å². The van der Waals surface area contributed by atoms with Crippen molar-refractivity contribution in [3.8, 4) is 0 Å². The first-order valence-electron chi connectivity index (χ1n) is 8.20. The van der Waals surface area contributed by atoms with Crippen LogP contribution in [0.4, 0.5) is 4.39 Å². The summed E-state index contributed by atoms with van der Waals surface area (Å²) in [7, 11) is -3.58. The molecule has 1 amide bonds. The lowest BCUT2D eigenvalue weighted by Crippen LogP contribution is -2.28. The average molecular weight is 441 g/mol. The van der Waals surface area contributed by atoms with Crippen molar-refractivity contribution in [2.24, 2.45) is 0 Å². The maximum Gasteiger partial charge on any atom is 0.251 e. The number of hydrogen-bond donors (Lipinski definition) is 1. The fraction of sp³-hybridized carbons (Fsp3) is 0.278. The lowest BCUT2D eigenvalue weighted by atomic mass is 10.2. The third-order valence-corrected chi connectivity index (χ3v) is 6.91. The number of nitrogens with one attached hydrogen (secondary N) is 1. The molecule has 1 saturated heterocycles. The number of carbonyl (C=O) groups is 1. The Morgan fingerprint density at radius 1 is 1.15 bits per heavy atom. The lowest BCUT2D eigenvalue weighted by molar-refractivity contribution is 0.0950. The number of nitrogens with zero attached hydrogens (tertiary/aromatic N) is 1. The molecule has 2 aromatic rings. The maximum absolute atomic E-state index is 13.3. The minimum absolute atomic E-state index is 0.110. The second-order valence-corrected chi connectivity index (χ2v) is 8.85. The van der Waals surface area contributed by atoms with E-state index in [-0.39, 0.29) is 17.0 Å². The summed E-state index contributed by atoms with van der Waals surface area (Å²) in [5, 5.41) is 2.69. The highest BCUT2D eigenvalue weighted by Crippen LogP contribution is 2.22. The van der Waals surface area contributed by atoms with Gasteiger partial charge in [0, 0.05) is 29.7 Å². The van der Waals surface area contributed by atoms with Crippen molar-refractivity contribution >= 4 is 31.9 Å². The van der Waals surface area contributed by atoms with Crippen LogP contribution < -0.4 is 5.32 Å². The fourth-order valence-corrected chi connectivity index (χ4v) is 4.78. The first kappa shape index (κ1) is 19.0. The zero-order valence-corrected chi connectivity index (χ0v) is 16.3. The molecule has 5 nitrogen and oxygen atoms in total. The van der Waals surface area contributed by atoms with E-state index < -0.39 is 21.7 Å². The molecule has 0 atom stereocenters. The molecule has 8 heteroatoms. The summed E-state index contributed by atoms with van der Waals surface area (Å²) in [6.07, 6.45) is 1.70. The minimum Gasteiger partial charge on any atom is -0.348 e. The Morgan fingerprint density at radius 3 is 2.62 bits per heavy atom. The number of hydrogen-bond acceptors (Lipinski definition) is 3. The number of benzene rings is 2. The molecule has 1 heterocycles. The monoisotopic (exact) mass is 440 g/mol. The van der Waals surface area contributed by atoms with Gasteiger partial charge >= 0.3 is 0 Å². The number of rotatable bonds is 5. The molecular weight excluding hydrogens is 423 g/mol. The molecule has 0 aliphatic carbocycles. The second-order valence-electron chi connectivity index (χ2n) is 6.06. The van der Waals surface area contributed by atoms with Crippen LogP contribution in [0.1, 0.15) is 28.8 Å². The molecule has 1 fully saturated rings. The molecule has 0 unspecified atom stereocenters. The molecule has 0 bridgehead atoms. The van der Waals surface area contributed by atoms with Gasteiger partial charge in [-0.25, -0.2) is 12.8 Å². The summed E-state index contributed by atoms with van der Waals surface area (Å²) in [5.41, 5.74) is 0.844. The van der Waals surface area contributed by atoms with Gasteiger partial charge in [0.1, 0.15) is 5.82 Å². The van der Waals surface area contributed by atoms with E-state index in [4.69, 9.17) is 0 Å². The first-order valence-corrected chi connectivity index (χ1v) is 10.4. The quantitative estimate of drug-likeness (QED) is 0.775.